The van der Waals surface area contributed by atoms with Crippen LogP contribution in [0.3, 0.4) is 0 Å². The van der Waals surface area contributed by atoms with Crippen LogP contribution in [0.2, 0.25) is 0 Å². The van der Waals surface area contributed by atoms with E-state index in [1.165, 1.54) is 20.0 Å². The molecule has 8 heteroatoms. The lowest BCUT2D eigenvalue weighted by Crippen LogP contribution is -2.56. The Labute approximate surface area is 132 Å². The highest BCUT2D eigenvalue weighted by molar-refractivity contribution is 7.90. The zero-order valence-electron chi connectivity index (χ0n) is 13.2. The van der Waals surface area contributed by atoms with Gasteiger partial charge in [0.1, 0.15) is 0 Å². The Morgan fingerprint density at radius 1 is 1.41 bits per heavy atom. The number of methoxy groups -OCH3 is 1. The van der Waals surface area contributed by atoms with Crippen molar-refractivity contribution in [1.82, 2.24) is 9.62 Å². The van der Waals surface area contributed by atoms with Crippen molar-refractivity contribution in [3.05, 3.63) is 0 Å². The Balaban J connectivity index is 1.80. The number of aliphatic carboxylic acids is 1. The van der Waals surface area contributed by atoms with Gasteiger partial charge < -0.3 is 9.84 Å². The number of hydrogen-bond acceptors (Lipinski definition) is 5. The van der Waals surface area contributed by atoms with Gasteiger partial charge in [-0.05, 0) is 38.5 Å². The molecule has 2 aliphatic rings. The van der Waals surface area contributed by atoms with E-state index in [0.29, 0.717) is 18.8 Å². The monoisotopic (exact) mass is 334 g/mol. The van der Waals surface area contributed by atoms with Gasteiger partial charge in [-0.3, -0.25) is 9.69 Å². The van der Waals surface area contributed by atoms with Gasteiger partial charge in [-0.1, -0.05) is 0 Å². The first kappa shape index (κ1) is 17.7. The first-order chi connectivity index (χ1) is 10.3. The van der Waals surface area contributed by atoms with E-state index in [-0.39, 0.29) is 25.2 Å². The quantitative estimate of drug-likeness (QED) is 0.595. The summed E-state index contributed by atoms with van der Waals surface area (Å²) in [5.74, 6) is -0.199. The second-order valence-electron chi connectivity index (χ2n) is 6.52. The molecule has 2 N–H and O–H groups in total. The topological polar surface area (TPSA) is 95.9 Å². The predicted octanol–water partition coefficient (Wildman–Crippen LogP) is 0.268. The molecule has 7 nitrogen and oxygen atoms in total. The number of carbonyl (C=O) groups is 1. The summed E-state index contributed by atoms with van der Waals surface area (Å²) in [6.45, 7) is 2.64. The second kappa shape index (κ2) is 7.25. The molecule has 2 saturated carbocycles. The Morgan fingerprint density at radius 2 is 2.05 bits per heavy atom. The molecule has 2 rings (SSSR count). The summed E-state index contributed by atoms with van der Waals surface area (Å²) in [6.07, 6.45) is 3.71. The molecular weight excluding hydrogens is 308 g/mol. The van der Waals surface area contributed by atoms with Gasteiger partial charge in [0, 0.05) is 25.7 Å². The fourth-order valence-corrected chi connectivity index (χ4v) is 4.01. The Bertz CT molecular complexity index is 485. The molecule has 0 heterocycles. The maximum atomic E-state index is 12.1. The van der Waals surface area contributed by atoms with Gasteiger partial charge in [-0.2, -0.15) is 0 Å². The van der Waals surface area contributed by atoms with Gasteiger partial charge in [-0.15, -0.1) is 0 Å². The zero-order valence-corrected chi connectivity index (χ0v) is 14.0. The van der Waals surface area contributed by atoms with Gasteiger partial charge in [0.2, 0.25) is 10.0 Å². The molecule has 0 aromatic rings. The third kappa shape index (κ3) is 4.91. The predicted molar refractivity (Wildman–Crippen MR) is 82.1 cm³/mol. The maximum absolute atomic E-state index is 12.1. The van der Waals surface area contributed by atoms with Crippen molar-refractivity contribution in [2.75, 3.05) is 26.8 Å². The zero-order chi connectivity index (χ0) is 16.3. The Hall–Kier alpha value is -0.700. The normalized spacial score (nSPS) is 26.7. The fraction of sp³-hybridized carbons (Fsp3) is 0.929. The van der Waals surface area contributed by atoms with Crippen molar-refractivity contribution in [1.29, 1.82) is 0 Å². The van der Waals surface area contributed by atoms with E-state index in [1.54, 1.807) is 6.92 Å². The van der Waals surface area contributed by atoms with Crippen LogP contribution in [0.1, 0.15) is 32.6 Å². The van der Waals surface area contributed by atoms with Crippen LogP contribution in [0.25, 0.3) is 0 Å². The minimum atomic E-state index is -3.38. The third-order valence-corrected chi connectivity index (χ3v) is 6.28. The van der Waals surface area contributed by atoms with Crippen molar-refractivity contribution in [3.63, 3.8) is 0 Å². The molecule has 0 aromatic carbocycles. The van der Waals surface area contributed by atoms with Crippen molar-refractivity contribution in [3.8, 4) is 0 Å². The SMILES string of the molecule is COCC(C)S(=O)(=O)NC1CC(N(CC(=O)O)CC2CC2)C1. The van der Waals surface area contributed by atoms with Crippen LogP contribution < -0.4 is 4.72 Å². The van der Waals surface area contributed by atoms with Gasteiger partial charge in [0.25, 0.3) is 0 Å². The highest BCUT2D eigenvalue weighted by atomic mass is 32.2. The molecule has 2 aliphatic carbocycles. The molecule has 0 saturated heterocycles. The van der Waals surface area contributed by atoms with Crippen LogP contribution in [-0.2, 0) is 19.6 Å². The van der Waals surface area contributed by atoms with Gasteiger partial charge in [0.15, 0.2) is 0 Å². The minimum Gasteiger partial charge on any atom is -0.480 e. The highest BCUT2D eigenvalue weighted by Gasteiger charge is 2.39. The molecule has 1 unspecified atom stereocenters. The molecule has 2 fully saturated rings. The molecule has 22 heavy (non-hydrogen) atoms. The largest absolute Gasteiger partial charge is 0.480 e. The lowest BCUT2D eigenvalue weighted by Gasteiger charge is -2.42. The summed E-state index contributed by atoms with van der Waals surface area (Å²) in [6, 6.07) is 0.0759. The number of carboxylic acid groups (broad SMARTS) is 1. The van der Waals surface area contributed by atoms with Crippen LogP contribution in [0, 0.1) is 5.92 Å². The molecule has 0 radical (unpaired) electrons. The van der Waals surface area contributed by atoms with Gasteiger partial charge in [0.05, 0.1) is 18.4 Å². The van der Waals surface area contributed by atoms with Crippen LogP contribution in [-0.4, -0.2) is 68.5 Å². The molecule has 0 amide bonds. The van der Waals surface area contributed by atoms with E-state index < -0.39 is 21.2 Å². The van der Waals surface area contributed by atoms with E-state index in [9.17, 15) is 13.2 Å². The summed E-state index contributed by atoms with van der Waals surface area (Å²) in [4.78, 5) is 13.0. The number of nitrogens with zero attached hydrogens (tertiary/aromatic N) is 1. The average molecular weight is 334 g/mol. The standard InChI is InChI=1S/C14H26N2O5S/c1-10(9-21-2)22(19,20)15-12-5-13(6-12)16(8-14(17)18)7-11-3-4-11/h10-13,15H,3-9H2,1-2H3,(H,17,18). The Morgan fingerprint density at radius 3 is 2.55 bits per heavy atom. The lowest BCUT2D eigenvalue weighted by atomic mass is 9.86. The molecule has 1 atom stereocenters. The molecule has 0 spiro atoms. The van der Waals surface area contributed by atoms with Crippen LogP contribution in [0.4, 0.5) is 0 Å². The van der Waals surface area contributed by atoms with E-state index in [1.807, 2.05) is 4.90 Å². The molecular formula is C14H26N2O5S. The molecule has 0 aromatic heterocycles. The number of rotatable bonds is 10. The van der Waals surface area contributed by atoms with Crippen molar-refractivity contribution < 1.29 is 23.1 Å². The number of nitrogens with one attached hydrogen (secondary N) is 1. The molecule has 0 bridgehead atoms. The number of sulfonamides is 1. The van der Waals surface area contributed by atoms with Crippen molar-refractivity contribution >= 4 is 16.0 Å². The summed E-state index contributed by atoms with van der Waals surface area (Å²) >= 11 is 0. The lowest BCUT2D eigenvalue weighted by molar-refractivity contribution is -0.139. The third-order valence-electron chi connectivity index (χ3n) is 4.42. The van der Waals surface area contributed by atoms with E-state index in [0.717, 1.165) is 6.54 Å². The highest BCUT2D eigenvalue weighted by Crippen LogP contribution is 2.34. The first-order valence-corrected chi connectivity index (χ1v) is 9.32. The number of ether oxygens (including phenoxy) is 1. The van der Waals surface area contributed by atoms with Crippen molar-refractivity contribution in [2.45, 2.75) is 49.9 Å². The van der Waals surface area contributed by atoms with Crippen LogP contribution in [0.15, 0.2) is 0 Å². The summed E-state index contributed by atoms with van der Waals surface area (Å²) in [5.41, 5.74) is 0. The summed E-state index contributed by atoms with van der Waals surface area (Å²) < 4.78 is 31.7. The average Bonchev–Trinajstić information content (AvgIpc) is 3.16. The van der Waals surface area contributed by atoms with E-state index in [2.05, 4.69) is 4.72 Å². The van der Waals surface area contributed by atoms with Gasteiger partial charge >= 0.3 is 5.97 Å². The molecule has 0 aliphatic heterocycles. The summed E-state index contributed by atoms with van der Waals surface area (Å²) in [5, 5.41) is 8.42. The molecule has 128 valence electrons. The van der Waals surface area contributed by atoms with E-state index >= 15 is 0 Å². The number of carboxylic acids is 1. The smallest absolute Gasteiger partial charge is 0.317 e. The minimum absolute atomic E-state index is 0.0424. The van der Waals surface area contributed by atoms with Gasteiger partial charge in [-0.25, -0.2) is 13.1 Å². The first-order valence-electron chi connectivity index (χ1n) is 7.77. The Kier molecular flexibility index (Phi) is 5.81. The van der Waals surface area contributed by atoms with Crippen LogP contribution >= 0.6 is 0 Å². The summed E-state index contributed by atoms with van der Waals surface area (Å²) in [7, 11) is -1.90. The van der Waals surface area contributed by atoms with E-state index in [4.69, 9.17) is 9.84 Å². The maximum Gasteiger partial charge on any atom is 0.317 e. The second-order valence-corrected chi connectivity index (χ2v) is 8.65. The van der Waals surface area contributed by atoms with Crippen LogP contribution in [0.5, 0.6) is 0 Å². The van der Waals surface area contributed by atoms with Crippen molar-refractivity contribution in [2.24, 2.45) is 5.92 Å². The number of hydrogen-bond donors (Lipinski definition) is 2. The fourth-order valence-electron chi connectivity index (χ4n) is 2.80.